The van der Waals surface area contributed by atoms with Crippen molar-refractivity contribution in [3.63, 3.8) is 0 Å². The maximum atomic E-state index is 12.8. The maximum absolute atomic E-state index is 12.8. The fourth-order valence-electron chi connectivity index (χ4n) is 6.98. The van der Waals surface area contributed by atoms with E-state index in [-0.39, 0.29) is 26.1 Å². The standard InChI is InChI=1S/C55H98NO8P/c1-6-8-10-12-14-16-18-20-22-24-26-27-28-30-32-34-36-38-40-42-44-46-48-55(58)64-53(52-63-65(59,60)62-50-49-56(3,4)5)51-61-54(57)47-45-43-41-39-37-35-33-31-29-25-23-21-19-17-15-13-11-9-7-2/h9,11,15,17,21,23,29,31,35,37,41,43,53H,6-8,10,12-14,16,18-20,22,24-28,30,32-34,36,38-40,42,44-52H2,1-5H3/b11-9+,17-15+,23-21+,31-29+,37-35+,43-41+/t53-/m1/s1. The minimum atomic E-state index is -4.65. The fourth-order valence-corrected chi connectivity index (χ4v) is 7.70. The van der Waals surface area contributed by atoms with Crippen molar-refractivity contribution in [2.45, 2.75) is 219 Å². The molecule has 0 N–H and O–H groups in total. The van der Waals surface area contributed by atoms with E-state index < -0.39 is 32.5 Å². The summed E-state index contributed by atoms with van der Waals surface area (Å²) in [5, 5.41) is 0. The van der Waals surface area contributed by atoms with Crippen molar-refractivity contribution in [3.8, 4) is 0 Å². The number of phosphoric acid groups is 1. The molecule has 0 aliphatic heterocycles. The summed E-state index contributed by atoms with van der Waals surface area (Å²) in [5.74, 6) is -0.929. The zero-order valence-corrected chi connectivity index (χ0v) is 43.3. The highest BCUT2D eigenvalue weighted by molar-refractivity contribution is 7.45. The second-order valence-electron chi connectivity index (χ2n) is 18.5. The molecule has 0 amide bonds. The van der Waals surface area contributed by atoms with E-state index in [1.807, 2.05) is 33.3 Å². The van der Waals surface area contributed by atoms with E-state index in [1.165, 1.54) is 116 Å². The number of rotatable bonds is 47. The van der Waals surface area contributed by atoms with Crippen molar-refractivity contribution in [2.75, 3.05) is 47.5 Å². The van der Waals surface area contributed by atoms with Crippen LogP contribution >= 0.6 is 7.82 Å². The Labute approximate surface area is 399 Å². The Morgan fingerprint density at radius 2 is 0.877 bits per heavy atom. The van der Waals surface area contributed by atoms with Crippen LogP contribution in [0.25, 0.3) is 0 Å². The van der Waals surface area contributed by atoms with E-state index in [0.29, 0.717) is 23.9 Å². The number of hydrogen-bond acceptors (Lipinski definition) is 8. The quantitative estimate of drug-likeness (QED) is 0.0195. The van der Waals surface area contributed by atoms with Gasteiger partial charge in [0.2, 0.25) is 0 Å². The third kappa shape index (κ3) is 50.7. The lowest BCUT2D eigenvalue weighted by Gasteiger charge is -2.28. The molecular weight excluding hydrogens is 834 g/mol. The number of allylic oxidation sites excluding steroid dienone is 12. The Bertz CT molecular complexity index is 1330. The predicted octanol–water partition coefficient (Wildman–Crippen LogP) is 15.1. The molecule has 9 nitrogen and oxygen atoms in total. The predicted molar refractivity (Wildman–Crippen MR) is 273 cm³/mol. The zero-order chi connectivity index (χ0) is 47.8. The first-order valence-electron chi connectivity index (χ1n) is 26.1. The molecule has 0 fully saturated rings. The van der Waals surface area contributed by atoms with Crippen molar-refractivity contribution in [1.82, 2.24) is 0 Å². The lowest BCUT2D eigenvalue weighted by Crippen LogP contribution is -2.37. The number of ether oxygens (including phenoxy) is 2. The zero-order valence-electron chi connectivity index (χ0n) is 42.4. The number of nitrogens with zero attached hydrogens (tertiary/aromatic N) is 1. The number of hydrogen-bond donors (Lipinski definition) is 0. The minimum Gasteiger partial charge on any atom is -0.756 e. The van der Waals surface area contributed by atoms with Gasteiger partial charge in [0.05, 0.1) is 27.7 Å². The first kappa shape index (κ1) is 62.4. The number of carbonyl (C=O) groups is 2. The monoisotopic (exact) mass is 932 g/mol. The summed E-state index contributed by atoms with van der Waals surface area (Å²) in [6.07, 6.45) is 59.6. The van der Waals surface area contributed by atoms with Gasteiger partial charge in [-0.15, -0.1) is 0 Å². The van der Waals surface area contributed by atoms with Gasteiger partial charge in [-0.1, -0.05) is 222 Å². The van der Waals surface area contributed by atoms with Gasteiger partial charge >= 0.3 is 11.9 Å². The molecule has 2 atom stereocenters. The molecule has 0 aliphatic carbocycles. The van der Waals surface area contributed by atoms with Gasteiger partial charge in [-0.05, 0) is 51.4 Å². The van der Waals surface area contributed by atoms with Crippen LogP contribution in [0, 0.1) is 0 Å². The van der Waals surface area contributed by atoms with Crippen LogP contribution < -0.4 is 4.89 Å². The summed E-state index contributed by atoms with van der Waals surface area (Å²) in [6.45, 7) is 4.05. The molecule has 0 aromatic carbocycles. The molecule has 0 aliphatic rings. The molecule has 1 unspecified atom stereocenters. The topological polar surface area (TPSA) is 111 Å². The van der Waals surface area contributed by atoms with Crippen LogP contribution in [-0.2, 0) is 32.7 Å². The molecule has 0 rings (SSSR count). The lowest BCUT2D eigenvalue weighted by atomic mass is 10.0. The van der Waals surface area contributed by atoms with Crippen LogP contribution in [0.3, 0.4) is 0 Å². The van der Waals surface area contributed by atoms with Crippen molar-refractivity contribution >= 4 is 19.8 Å². The molecule has 0 aromatic rings. The lowest BCUT2D eigenvalue weighted by molar-refractivity contribution is -0.870. The van der Waals surface area contributed by atoms with Crippen LogP contribution in [-0.4, -0.2) is 70.0 Å². The Kier molecular flexibility index (Phi) is 44.7. The van der Waals surface area contributed by atoms with Crippen LogP contribution in [0.5, 0.6) is 0 Å². The highest BCUT2D eigenvalue weighted by atomic mass is 31.2. The number of unbranched alkanes of at least 4 members (excludes halogenated alkanes) is 21. The summed E-state index contributed by atoms with van der Waals surface area (Å²) in [5.41, 5.74) is 0. The van der Waals surface area contributed by atoms with Gasteiger partial charge < -0.3 is 27.9 Å². The van der Waals surface area contributed by atoms with Crippen LogP contribution in [0.2, 0.25) is 0 Å². The highest BCUT2D eigenvalue weighted by Gasteiger charge is 2.21. The van der Waals surface area contributed by atoms with E-state index in [0.717, 1.165) is 57.8 Å². The summed E-state index contributed by atoms with van der Waals surface area (Å²) < 4.78 is 34.0. The summed E-state index contributed by atoms with van der Waals surface area (Å²) in [7, 11) is 1.13. The Morgan fingerprint density at radius 3 is 1.28 bits per heavy atom. The summed E-state index contributed by atoms with van der Waals surface area (Å²) in [4.78, 5) is 37.7. The van der Waals surface area contributed by atoms with Gasteiger partial charge in [0.15, 0.2) is 6.10 Å². The number of likely N-dealkylation sites (N-methyl/N-ethyl adjacent to an activating group) is 1. The third-order valence-corrected chi connectivity index (χ3v) is 12.0. The highest BCUT2D eigenvalue weighted by Crippen LogP contribution is 2.38. The molecule has 0 saturated carbocycles. The van der Waals surface area contributed by atoms with Crippen molar-refractivity contribution in [2.24, 2.45) is 0 Å². The van der Waals surface area contributed by atoms with Crippen molar-refractivity contribution in [3.05, 3.63) is 72.9 Å². The number of quaternary nitrogens is 1. The van der Waals surface area contributed by atoms with Gasteiger partial charge in [0, 0.05) is 12.8 Å². The SMILES string of the molecule is CC/C=C/C/C=C/C/C=C/C/C=C/C/C=C/C/C=C/CCC(=O)OC[C@H](COP(=O)([O-])OCC[N+](C)(C)C)OC(=O)CCCCCCCCCCCCCCCCCCCCCCCC. The fraction of sp³-hybridized carbons (Fsp3) is 0.745. The summed E-state index contributed by atoms with van der Waals surface area (Å²) >= 11 is 0. The Balaban J connectivity index is 4.32. The molecular formula is C55H98NO8P. The summed E-state index contributed by atoms with van der Waals surface area (Å²) in [6, 6.07) is 0. The minimum absolute atomic E-state index is 0.0438. The van der Waals surface area contributed by atoms with Crippen LogP contribution in [0.4, 0.5) is 0 Å². The van der Waals surface area contributed by atoms with E-state index in [9.17, 15) is 19.0 Å². The molecule has 65 heavy (non-hydrogen) atoms. The number of esters is 2. The largest absolute Gasteiger partial charge is 0.756 e. The number of carbonyl (C=O) groups excluding carboxylic acids is 2. The van der Waals surface area contributed by atoms with Gasteiger partial charge in [-0.25, -0.2) is 0 Å². The van der Waals surface area contributed by atoms with Crippen LogP contribution in [0.15, 0.2) is 72.9 Å². The van der Waals surface area contributed by atoms with E-state index in [1.54, 1.807) is 0 Å². The average molecular weight is 932 g/mol. The third-order valence-electron chi connectivity index (χ3n) is 11.0. The van der Waals surface area contributed by atoms with Gasteiger partial charge in [-0.3, -0.25) is 14.2 Å². The van der Waals surface area contributed by atoms with Crippen molar-refractivity contribution < 1.29 is 42.1 Å². The maximum Gasteiger partial charge on any atom is 0.306 e. The van der Waals surface area contributed by atoms with Gasteiger partial charge in [-0.2, -0.15) is 0 Å². The first-order valence-corrected chi connectivity index (χ1v) is 27.6. The normalized spacial score (nSPS) is 14.0. The molecule has 0 radical (unpaired) electrons. The van der Waals surface area contributed by atoms with E-state index in [4.69, 9.17) is 18.5 Å². The van der Waals surface area contributed by atoms with E-state index >= 15 is 0 Å². The molecule has 10 heteroatoms. The molecule has 0 aromatic heterocycles. The molecule has 0 spiro atoms. The Morgan fingerprint density at radius 1 is 0.492 bits per heavy atom. The smallest absolute Gasteiger partial charge is 0.306 e. The van der Waals surface area contributed by atoms with Gasteiger partial charge in [0.25, 0.3) is 7.82 Å². The van der Waals surface area contributed by atoms with Crippen LogP contribution in [0.1, 0.15) is 213 Å². The Hall–Kier alpha value is -2.55. The molecule has 0 bridgehead atoms. The number of phosphoric ester groups is 1. The molecule has 0 saturated heterocycles. The average Bonchev–Trinajstić information content (AvgIpc) is 3.26. The van der Waals surface area contributed by atoms with Gasteiger partial charge in [0.1, 0.15) is 19.8 Å². The molecule has 0 heterocycles. The second-order valence-corrected chi connectivity index (χ2v) is 19.9. The second kappa shape index (κ2) is 46.6. The molecule has 376 valence electrons. The first-order chi connectivity index (χ1) is 31.5. The van der Waals surface area contributed by atoms with Crippen molar-refractivity contribution in [1.29, 1.82) is 0 Å². The van der Waals surface area contributed by atoms with E-state index in [2.05, 4.69) is 74.6 Å².